The molecule has 0 bridgehead atoms. The Balaban J connectivity index is 1.72. The number of rotatable bonds is 6. The van der Waals surface area contributed by atoms with E-state index >= 15 is 0 Å². The van der Waals surface area contributed by atoms with Crippen LogP contribution < -0.4 is 15.4 Å². The Morgan fingerprint density at radius 2 is 1.80 bits per heavy atom. The van der Waals surface area contributed by atoms with Crippen molar-refractivity contribution in [2.75, 3.05) is 56.2 Å². The van der Waals surface area contributed by atoms with E-state index in [9.17, 15) is 14.9 Å². The van der Waals surface area contributed by atoms with Crippen molar-refractivity contribution in [2.45, 2.75) is 6.92 Å². The minimum absolute atomic E-state index is 0.0836. The zero-order chi connectivity index (χ0) is 25.1. The van der Waals surface area contributed by atoms with E-state index in [-0.39, 0.29) is 17.0 Å². The van der Waals surface area contributed by atoms with Crippen LogP contribution in [0, 0.1) is 18.3 Å². The standard InChI is InChI=1S/C25H27N5O3S2/c1-17-19(15-21-24(32)30(13-14-33-3)25(34)35-21)22(27(2)23(31)20(17)16-26)29-11-9-28(10-12-29)18-7-5-4-6-8-18/h4-8,15H,9-14H2,1-3H3/b21-15-. The second-order valence-electron chi connectivity index (χ2n) is 8.35. The number of para-hydroxylation sites is 1. The van der Waals surface area contributed by atoms with Gasteiger partial charge in [-0.1, -0.05) is 42.2 Å². The van der Waals surface area contributed by atoms with Crippen LogP contribution in [-0.4, -0.2) is 66.1 Å². The first kappa shape index (κ1) is 25.0. The van der Waals surface area contributed by atoms with Crippen molar-refractivity contribution >= 4 is 51.8 Å². The highest BCUT2D eigenvalue weighted by atomic mass is 32.2. The van der Waals surface area contributed by atoms with Crippen molar-refractivity contribution < 1.29 is 9.53 Å². The molecule has 3 heterocycles. The van der Waals surface area contributed by atoms with E-state index in [1.165, 1.54) is 21.2 Å². The highest BCUT2D eigenvalue weighted by molar-refractivity contribution is 8.26. The summed E-state index contributed by atoms with van der Waals surface area (Å²) >= 11 is 6.65. The molecule has 0 atom stereocenters. The number of aromatic nitrogens is 1. The van der Waals surface area contributed by atoms with E-state index in [1.807, 2.05) is 18.2 Å². The third-order valence-electron chi connectivity index (χ3n) is 6.34. The number of thioether (sulfide) groups is 1. The zero-order valence-corrected chi connectivity index (χ0v) is 21.6. The van der Waals surface area contributed by atoms with Gasteiger partial charge in [-0.15, -0.1) is 0 Å². The molecule has 2 saturated heterocycles. The van der Waals surface area contributed by atoms with Crippen molar-refractivity contribution in [3.8, 4) is 6.07 Å². The van der Waals surface area contributed by atoms with Crippen LogP contribution in [-0.2, 0) is 16.6 Å². The van der Waals surface area contributed by atoms with Gasteiger partial charge in [0.1, 0.15) is 21.8 Å². The van der Waals surface area contributed by atoms with Crippen LogP contribution in [0.1, 0.15) is 16.7 Å². The number of carbonyl (C=O) groups excluding carboxylic acids is 1. The van der Waals surface area contributed by atoms with Crippen molar-refractivity contribution in [1.82, 2.24) is 9.47 Å². The van der Waals surface area contributed by atoms with Gasteiger partial charge >= 0.3 is 0 Å². The molecule has 2 aromatic rings. The minimum Gasteiger partial charge on any atom is -0.383 e. The number of nitrogens with zero attached hydrogens (tertiary/aromatic N) is 5. The van der Waals surface area contributed by atoms with Gasteiger partial charge in [-0.25, -0.2) is 0 Å². The number of hydrogen-bond donors (Lipinski definition) is 0. The summed E-state index contributed by atoms with van der Waals surface area (Å²) in [5, 5.41) is 9.68. The highest BCUT2D eigenvalue weighted by Crippen LogP contribution is 2.36. The summed E-state index contributed by atoms with van der Waals surface area (Å²) in [6, 6.07) is 12.3. The maximum atomic E-state index is 13.1. The third kappa shape index (κ3) is 4.85. The van der Waals surface area contributed by atoms with Gasteiger partial charge in [-0.3, -0.25) is 19.1 Å². The molecule has 182 valence electrons. The summed E-state index contributed by atoms with van der Waals surface area (Å²) in [5.41, 5.74) is 2.18. The first-order chi connectivity index (χ1) is 16.9. The highest BCUT2D eigenvalue weighted by Gasteiger charge is 2.33. The Morgan fingerprint density at radius 3 is 2.43 bits per heavy atom. The van der Waals surface area contributed by atoms with Crippen LogP contribution in [0.5, 0.6) is 0 Å². The van der Waals surface area contributed by atoms with Crippen molar-refractivity contribution in [3.63, 3.8) is 0 Å². The number of piperazine rings is 1. The molecule has 10 heteroatoms. The SMILES string of the molecule is COCCN1C(=O)/C(=C/c2c(C)c(C#N)c(=O)n(C)c2N2CCN(c3ccccc3)CC2)SC1=S. The van der Waals surface area contributed by atoms with Gasteiger partial charge in [-0.2, -0.15) is 5.26 Å². The van der Waals surface area contributed by atoms with Gasteiger partial charge < -0.3 is 14.5 Å². The molecule has 0 saturated carbocycles. The number of anilines is 2. The van der Waals surface area contributed by atoms with Crippen LogP contribution in [0.4, 0.5) is 11.5 Å². The normalized spacial score (nSPS) is 17.4. The number of amides is 1. The van der Waals surface area contributed by atoms with E-state index in [1.54, 1.807) is 27.2 Å². The lowest BCUT2D eigenvalue weighted by Gasteiger charge is -2.38. The lowest BCUT2D eigenvalue weighted by atomic mass is 10.0. The van der Waals surface area contributed by atoms with Crippen LogP contribution in [0.15, 0.2) is 40.0 Å². The van der Waals surface area contributed by atoms with Gasteiger partial charge in [0.15, 0.2) is 0 Å². The predicted molar refractivity (Wildman–Crippen MR) is 144 cm³/mol. The summed E-state index contributed by atoms with van der Waals surface area (Å²) in [4.78, 5) is 32.6. The zero-order valence-electron chi connectivity index (χ0n) is 20.0. The Kier molecular flexibility index (Phi) is 7.60. The Hall–Kier alpha value is -3.13. The first-order valence-electron chi connectivity index (χ1n) is 11.3. The summed E-state index contributed by atoms with van der Waals surface area (Å²) in [6.07, 6.45) is 1.78. The fourth-order valence-electron chi connectivity index (χ4n) is 4.42. The largest absolute Gasteiger partial charge is 0.383 e. The van der Waals surface area contributed by atoms with Crippen LogP contribution >= 0.6 is 24.0 Å². The van der Waals surface area contributed by atoms with Gasteiger partial charge in [0, 0.05) is 51.6 Å². The fourth-order valence-corrected chi connectivity index (χ4v) is 5.71. The van der Waals surface area contributed by atoms with Crippen LogP contribution in [0.25, 0.3) is 6.08 Å². The Bertz CT molecular complexity index is 1270. The molecule has 0 radical (unpaired) electrons. The number of ether oxygens (including phenoxy) is 1. The summed E-state index contributed by atoms with van der Waals surface area (Å²) < 4.78 is 7.10. The number of nitriles is 1. The second-order valence-corrected chi connectivity index (χ2v) is 10.0. The number of hydrogen-bond acceptors (Lipinski definition) is 8. The number of carbonyl (C=O) groups is 1. The molecule has 8 nitrogen and oxygen atoms in total. The summed E-state index contributed by atoms with van der Waals surface area (Å²) in [5.74, 6) is 0.519. The predicted octanol–water partition coefficient (Wildman–Crippen LogP) is 2.74. The molecular weight excluding hydrogens is 482 g/mol. The smallest absolute Gasteiger partial charge is 0.270 e. The molecule has 35 heavy (non-hydrogen) atoms. The van der Waals surface area contributed by atoms with E-state index in [4.69, 9.17) is 17.0 Å². The Morgan fingerprint density at radius 1 is 1.14 bits per heavy atom. The van der Waals surface area contributed by atoms with Gasteiger partial charge in [-0.05, 0) is 30.7 Å². The lowest BCUT2D eigenvalue weighted by molar-refractivity contribution is -0.122. The molecular formula is C25H27N5O3S2. The van der Waals surface area contributed by atoms with Crippen molar-refractivity contribution in [2.24, 2.45) is 7.05 Å². The second kappa shape index (κ2) is 10.6. The molecule has 4 rings (SSSR count). The molecule has 0 spiro atoms. The summed E-state index contributed by atoms with van der Waals surface area (Å²) in [7, 11) is 3.26. The lowest BCUT2D eigenvalue weighted by Crippen LogP contribution is -2.48. The van der Waals surface area contributed by atoms with E-state index < -0.39 is 0 Å². The molecule has 0 N–H and O–H groups in total. The van der Waals surface area contributed by atoms with Gasteiger partial charge in [0.2, 0.25) is 0 Å². The van der Waals surface area contributed by atoms with Gasteiger partial charge in [0.05, 0.1) is 18.1 Å². The average Bonchev–Trinajstić information content (AvgIpc) is 3.14. The topological polar surface area (TPSA) is 81.8 Å². The Labute approximate surface area is 214 Å². The average molecular weight is 510 g/mol. The molecule has 2 aliphatic rings. The molecule has 1 aromatic heterocycles. The monoisotopic (exact) mass is 509 g/mol. The molecule has 1 aromatic carbocycles. The molecule has 0 unspecified atom stereocenters. The molecule has 2 aliphatic heterocycles. The van der Waals surface area contributed by atoms with Crippen LogP contribution in [0.2, 0.25) is 0 Å². The maximum absolute atomic E-state index is 13.1. The minimum atomic E-state index is -0.338. The molecule has 2 fully saturated rings. The first-order valence-corrected chi connectivity index (χ1v) is 12.5. The quantitative estimate of drug-likeness (QED) is 0.434. The van der Waals surface area contributed by atoms with Gasteiger partial charge in [0.25, 0.3) is 11.5 Å². The van der Waals surface area contributed by atoms with E-state index in [0.717, 1.165) is 18.8 Å². The van der Waals surface area contributed by atoms with Crippen LogP contribution in [0.3, 0.4) is 0 Å². The number of pyridine rings is 1. The number of methoxy groups -OCH3 is 1. The fraction of sp³-hybridized carbons (Fsp3) is 0.360. The molecule has 0 aliphatic carbocycles. The van der Waals surface area contributed by atoms with E-state index in [0.29, 0.717) is 52.4 Å². The molecule has 1 amide bonds. The van der Waals surface area contributed by atoms with Crippen molar-refractivity contribution in [1.29, 1.82) is 5.26 Å². The number of benzene rings is 1. The maximum Gasteiger partial charge on any atom is 0.270 e. The summed E-state index contributed by atoms with van der Waals surface area (Å²) in [6.45, 7) is 5.50. The number of thiocarbonyl (C=S) groups is 1. The van der Waals surface area contributed by atoms with Crippen molar-refractivity contribution in [3.05, 3.63) is 62.3 Å². The van der Waals surface area contributed by atoms with E-state index in [2.05, 4.69) is 28.0 Å². The third-order valence-corrected chi connectivity index (χ3v) is 7.71.